The smallest absolute Gasteiger partial charge is 0.451 e. The number of esters is 1. The number of hydrogen-bond donors (Lipinski definition) is 0. The summed E-state index contributed by atoms with van der Waals surface area (Å²) in [4.78, 5) is 28.6. The van der Waals surface area contributed by atoms with Gasteiger partial charge in [-0.1, -0.05) is 44.9 Å². The van der Waals surface area contributed by atoms with Crippen LogP contribution < -0.4 is 0 Å². The van der Waals surface area contributed by atoms with Gasteiger partial charge in [0.15, 0.2) is 5.16 Å². The molecule has 0 aliphatic heterocycles. The van der Waals surface area contributed by atoms with Gasteiger partial charge in [0.2, 0.25) is 5.82 Å². The fraction of sp³-hybridized carbons (Fsp3) is 0.577. The van der Waals surface area contributed by atoms with Crippen molar-refractivity contribution in [2.45, 2.75) is 84.1 Å². The molecule has 0 spiro atoms. The first-order valence-electron chi connectivity index (χ1n) is 12.6. The van der Waals surface area contributed by atoms with E-state index in [9.17, 15) is 18.0 Å². The van der Waals surface area contributed by atoms with Crippen molar-refractivity contribution in [2.24, 2.45) is 5.92 Å². The highest BCUT2D eigenvalue weighted by atomic mass is 32.2. The van der Waals surface area contributed by atoms with Crippen LogP contribution in [-0.4, -0.2) is 42.8 Å². The van der Waals surface area contributed by atoms with Crippen molar-refractivity contribution in [1.29, 1.82) is 0 Å². The second kappa shape index (κ2) is 12.7. The normalized spacial score (nSPS) is 12.9. The minimum atomic E-state index is -4.62. The van der Waals surface area contributed by atoms with E-state index >= 15 is 0 Å². The van der Waals surface area contributed by atoms with Gasteiger partial charge in [-0.05, 0) is 33.1 Å². The van der Waals surface area contributed by atoms with Crippen molar-refractivity contribution < 1.29 is 22.7 Å². The first kappa shape index (κ1) is 28.9. The summed E-state index contributed by atoms with van der Waals surface area (Å²) in [5.74, 6) is -0.565. The minimum Gasteiger partial charge on any atom is -0.465 e. The SMILES string of the molecule is CCCCC(CC)COC(=O)CCSc1ncc2c(n1)c(-c1cnc(C(F)(F)F)nc1C)cn2C(C)C. The summed E-state index contributed by atoms with van der Waals surface area (Å²) in [6.45, 7) is 10.2. The number of ether oxygens (including phenoxy) is 1. The van der Waals surface area contributed by atoms with Crippen LogP contribution in [0.1, 0.15) is 77.4 Å². The van der Waals surface area contributed by atoms with Crippen molar-refractivity contribution in [3.8, 4) is 11.1 Å². The third-order valence-corrected chi connectivity index (χ3v) is 7.05. The Balaban J connectivity index is 1.76. The van der Waals surface area contributed by atoms with Gasteiger partial charge in [0, 0.05) is 41.0 Å². The van der Waals surface area contributed by atoms with E-state index in [-0.39, 0.29) is 24.1 Å². The lowest BCUT2D eigenvalue weighted by Gasteiger charge is -2.14. The molecule has 3 aromatic heterocycles. The number of aromatic nitrogens is 5. The van der Waals surface area contributed by atoms with Crippen LogP contribution in [-0.2, 0) is 15.7 Å². The molecule has 0 amide bonds. The highest BCUT2D eigenvalue weighted by molar-refractivity contribution is 7.99. The number of unbranched alkanes of at least 4 members (excludes halogenated alkanes) is 1. The molecule has 0 saturated carbocycles. The Hall–Kier alpha value is -2.69. The molecule has 0 aromatic carbocycles. The molecule has 3 heterocycles. The fourth-order valence-corrected chi connectivity index (χ4v) is 4.72. The summed E-state index contributed by atoms with van der Waals surface area (Å²) in [6, 6.07) is 0.0769. The maximum Gasteiger partial charge on any atom is 0.451 e. The number of carbonyl (C=O) groups is 1. The van der Waals surface area contributed by atoms with Gasteiger partial charge >= 0.3 is 12.1 Å². The summed E-state index contributed by atoms with van der Waals surface area (Å²) in [5, 5.41) is 0.475. The number of hydrogen-bond acceptors (Lipinski definition) is 7. The third kappa shape index (κ3) is 7.43. The summed E-state index contributed by atoms with van der Waals surface area (Å²) in [7, 11) is 0. The number of nitrogens with zero attached hydrogens (tertiary/aromatic N) is 5. The minimum absolute atomic E-state index is 0.0769. The van der Waals surface area contributed by atoms with Gasteiger partial charge in [-0.25, -0.2) is 19.9 Å². The molecule has 0 N–H and O–H groups in total. The average Bonchev–Trinajstić information content (AvgIpc) is 3.22. The predicted octanol–water partition coefficient (Wildman–Crippen LogP) is 7.04. The number of fused-ring (bicyclic) bond motifs is 1. The first-order chi connectivity index (χ1) is 17.5. The van der Waals surface area contributed by atoms with E-state index in [1.165, 1.54) is 24.9 Å². The highest BCUT2D eigenvalue weighted by Crippen LogP contribution is 2.35. The Morgan fingerprint density at radius 3 is 2.51 bits per heavy atom. The predicted molar refractivity (Wildman–Crippen MR) is 138 cm³/mol. The topological polar surface area (TPSA) is 82.8 Å². The number of thioether (sulfide) groups is 1. The van der Waals surface area contributed by atoms with E-state index in [4.69, 9.17) is 4.74 Å². The summed E-state index contributed by atoms with van der Waals surface area (Å²) < 4.78 is 46.6. The maximum absolute atomic E-state index is 13.1. The molecular formula is C26H34F3N5O2S. The molecule has 0 bridgehead atoms. The van der Waals surface area contributed by atoms with Gasteiger partial charge in [-0.15, -0.1) is 0 Å². The molecule has 0 radical (unpaired) electrons. The quantitative estimate of drug-likeness (QED) is 0.139. The number of carbonyl (C=O) groups excluding carboxylic acids is 1. The van der Waals surface area contributed by atoms with Crippen LogP contribution in [0.3, 0.4) is 0 Å². The van der Waals surface area contributed by atoms with Crippen molar-refractivity contribution in [2.75, 3.05) is 12.4 Å². The summed E-state index contributed by atoms with van der Waals surface area (Å²) in [6.07, 6.45) is 4.66. The molecule has 202 valence electrons. The summed E-state index contributed by atoms with van der Waals surface area (Å²) >= 11 is 1.34. The van der Waals surface area contributed by atoms with Crippen molar-refractivity contribution in [1.82, 2.24) is 24.5 Å². The molecule has 11 heteroatoms. The molecule has 0 fully saturated rings. The van der Waals surface area contributed by atoms with Crippen molar-refractivity contribution in [3.63, 3.8) is 0 Å². The van der Waals surface area contributed by atoms with Crippen LogP contribution in [0.5, 0.6) is 0 Å². The first-order valence-corrected chi connectivity index (χ1v) is 13.6. The maximum atomic E-state index is 13.1. The fourth-order valence-electron chi connectivity index (χ4n) is 3.98. The molecule has 37 heavy (non-hydrogen) atoms. The van der Waals surface area contributed by atoms with Crippen molar-refractivity contribution in [3.05, 3.63) is 30.1 Å². The van der Waals surface area contributed by atoms with Gasteiger partial charge < -0.3 is 9.30 Å². The average molecular weight is 538 g/mol. The zero-order valence-corrected chi connectivity index (χ0v) is 22.7. The molecular weight excluding hydrogens is 503 g/mol. The summed E-state index contributed by atoms with van der Waals surface area (Å²) in [5.41, 5.74) is 2.68. The number of aryl methyl sites for hydroxylation is 1. The zero-order chi connectivity index (χ0) is 27.2. The van der Waals surface area contributed by atoms with Gasteiger partial charge in [0.05, 0.1) is 24.7 Å². The second-order valence-electron chi connectivity index (χ2n) is 9.32. The van der Waals surface area contributed by atoms with Gasteiger partial charge in [0.1, 0.15) is 5.52 Å². The largest absolute Gasteiger partial charge is 0.465 e. The number of alkyl halides is 3. The standard InChI is InChI=1S/C26H34F3N5O2S/c1-6-8-9-18(7-2)15-36-22(35)10-11-37-25-31-13-21-23(33-25)20(14-34(21)16(3)4)19-12-30-24(26(27,28)29)32-17(19)5/h12-14,16,18H,6-11,15H2,1-5H3. The molecule has 0 aliphatic rings. The molecule has 0 aliphatic carbocycles. The monoisotopic (exact) mass is 537 g/mol. The second-order valence-corrected chi connectivity index (χ2v) is 10.4. The van der Waals surface area contributed by atoms with Gasteiger partial charge in [-0.3, -0.25) is 4.79 Å². The van der Waals surface area contributed by atoms with Crippen LogP contribution in [0.4, 0.5) is 13.2 Å². The number of rotatable bonds is 12. The van der Waals surface area contributed by atoms with Crippen LogP contribution in [0, 0.1) is 12.8 Å². The molecule has 7 nitrogen and oxygen atoms in total. The molecule has 0 saturated heterocycles. The van der Waals surface area contributed by atoms with E-state index in [1.807, 2.05) is 24.6 Å². The van der Waals surface area contributed by atoms with Gasteiger partial charge in [-0.2, -0.15) is 13.2 Å². The Morgan fingerprint density at radius 1 is 1.14 bits per heavy atom. The molecule has 3 rings (SSSR count). The van der Waals surface area contributed by atoms with E-state index in [0.717, 1.165) is 31.2 Å². The van der Waals surface area contributed by atoms with Crippen LogP contribution >= 0.6 is 11.8 Å². The van der Waals surface area contributed by atoms with Crippen molar-refractivity contribution >= 4 is 28.8 Å². The zero-order valence-electron chi connectivity index (χ0n) is 21.9. The Kier molecular flexibility index (Phi) is 9.92. The lowest BCUT2D eigenvalue weighted by Crippen LogP contribution is -2.14. The molecule has 3 aromatic rings. The molecule has 1 atom stereocenters. The van der Waals surface area contributed by atoms with Gasteiger partial charge in [0.25, 0.3) is 0 Å². The lowest BCUT2D eigenvalue weighted by molar-refractivity contribution is -0.145. The van der Waals surface area contributed by atoms with E-state index in [2.05, 4.69) is 33.8 Å². The van der Waals surface area contributed by atoms with Crippen LogP contribution in [0.15, 0.2) is 23.7 Å². The van der Waals surface area contributed by atoms with Crippen LogP contribution in [0.25, 0.3) is 22.2 Å². The molecule has 1 unspecified atom stereocenters. The number of halogens is 3. The Morgan fingerprint density at radius 2 is 1.89 bits per heavy atom. The Labute approximate surface area is 219 Å². The highest BCUT2D eigenvalue weighted by Gasteiger charge is 2.35. The Bertz CT molecular complexity index is 1210. The van der Waals surface area contributed by atoms with E-state index in [1.54, 1.807) is 6.20 Å². The van der Waals surface area contributed by atoms with E-state index < -0.39 is 12.0 Å². The lowest BCUT2D eigenvalue weighted by atomic mass is 10.0. The van der Waals surface area contributed by atoms with Crippen LogP contribution in [0.2, 0.25) is 0 Å². The third-order valence-electron chi connectivity index (χ3n) is 6.19. The van der Waals surface area contributed by atoms with E-state index in [0.29, 0.717) is 40.1 Å².